The van der Waals surface area contributed by atoms with Crippen LogP contribution in [0.2, 0.25) is 5.02 Å². The Hall–Kier alpha value is -0.640. The fourth-order valence-corrected chi connectivity index (χ4v) is 5.25. The summed E-state index contributed by atoms with van der Waals surface area (Å²) >= 11 is 6.43. The van der Waals surface area contributed by atoms with Crippen LogP contribution in [-0.2, 0) is 4.74 Å². The third kappa shape index (κ3) is 5.22. The van der Waals surface area contributed by atoms with E-state index in [2.05, 4.69) is 22.0 Å². The maximum Gasteiger partial charge on any atom is 0.194 e. The van der Waals surface area contributed by atoms with Gasteiger partial charge in [-0.2, -0.15) is 0 Å². The molecule has 0 radical (unpaired) electrons. The van der Waals surface area contributed by atoms with Gasteiger partial charge in [0.2, 0.25) is 0 Å². The number of ether oxygens (including phenoxy) is 1. The van der Waals surface area contributed by atoms with Gasteiger partial charge >= 0.3 is 0 Å². The molecule has 3 aliphatic rings. The average Bonchev–Trinajstić information content (AvgIpc) is 3.47. The lowest BCUT2D eigenvalue weighted by Gasteiger charge is -2.29. The predicted octanol–water partition coefficient (Wildman–Crippen LogP) is 4.31. The number of aliphatic imine (C=N–C) groups is 1. The second kappa shape index (κ2) is 10.8. The summed E-state index contributed by atoms with van der Waals surface area (Å²) in [5, 5.41) is 3.94. The molecule has 0 aromatic heterocycles. The molecular weight excluding hydrogens is 518 g/mol. The summed E-state index contributed by atoms with van der Waals surface area (Å²) < 4.78 is 20.4. The molecule has 5 nitrogen and oxygen atoms in total. The van der Waals surface area contributed by atoms with Gasteiger partial charge in [0.15, 0.2) is 5.96 Å². The number of guanidine groups is 1. The lowest BCUT2D eigenvalue weighted by molar-refractivity contribution is 0.156. The highest BCUT2D eigenvalue weighted by Crippen LogP contribution is 2.38. The highest BCUT2D eigenvalue weighted by atomic mass is 127. The zero-order valence-corrected chi connectivity index (χ0v) is 20.8. The highest BCUT2D eigenvalue weighted by molar-refractivity contribution is 14.0. The number of likely N-dealkylation sites (tertiary alicyclic amines) is 2. The second-order valence-electron chi connectivity index (χ2n) is 8.56. The maximum atomic E-state index is 14.7. The van der Waals surface area contributed by atoms with Gasteiger partial charge in [-0.3, -0.25) is 9.89 Å². The summed E-state index contributed by atoms with van der Waals surface area (Å²) in [5.41, 5.74) is 0.858. The Morgan fingerprint density at radius 1 is 1.30 bits per heavy atom. The Morgan fingerprint density at radius 3 is 2.77 bits per heavy atom. The first-order chi connectivity index (χ1) is 14.1. The fourth-order valence-electron chi connectivity index (χ4n) is 4.96. The standard InChI is InChI=1S/C22H32ClFN4O.HI/c1-2-25-21(28-12-8-22(15-28)9-13-29-16-22)26-14-19(27-10-3-4-11-27)20-17(23)6-5-7-18(20)24;/h5-7,19H,2-4,8-16H2,1H3,(H,25,26);1H. The van der Waals surface area contributed by atoms with E-state index in [1.807, 2.05) is 0 Å². The SMILES string of the molecule is CCNC(=NCC(c1c(F)cccc1Cl)N1CCCC1)N1CCC2(CCOC2)C1.I. The smallest absolute Gasteiger partial charge is 0.194 e. The van der Waals surface area contributed by atoms with Gasteiger partial charge in [-0.15, -0.1) is 24.0 Å². The van der Waals surface area contributed by atoms with Crippen LogP contribution in [0.25, 0.3) is 0 Å². The average molecular weight is 551 g/mol. The van der Waals surface area contributed by atoms with E-state index in [1.165, 1.54) is 6.07 Å². The van der Waals surface area contributed by atoms with E-state index in [-0.39, 0.29) is 41.3 Å². The number of hydrogen-bond donors (Lipinski definition) is 1. The van der Waals surface area contributed by atoms with Crippen LogP contribution in [0.5, 0.6) is 0 Å². The Morgan fingerprint density at radius 2 is 2.10 bits per heavy atom. The van der Waals surface area contributed by atoms with Gasteiger partial charge in [0.1, 0.15) is 5.82 Å². The van der Waals surface area contributed by atoms with Crippen molar-refractivity contribution < 1.29 is 9.13 Å². The van der Waals surface area contributed by atoms with E-state index in [4.69, 9.17) is 21.3 Å². The van der Waals surface area contributed by atoms with E-state index in [9.17, 15) is 4.39 Å². The van der Waals surface area contributed by atoms with Crippen LogP contribution in [0.15, 0.2) is 23.2 Å². The van der Waals surface area contributed by atoms with Crippen molar-refractivity contribution in [3.8, 4) is 0 Å². The number of halogens is 3. The summed E-state index contributed by atoms with van der Waals surface area (Å²) in [5.74, 6) is 0.686. The van der Waals surface area contributed by atoms with Gasteiger partial charge in [0.05, 0.1) is 19.2 Å². The monoisotopic (exact) mass is 550 g/mol. The molecule has 0 saturated carbocycles. The number of nitrogens with zero attached hydrogens (tertiary/aromatic N) is 3. The molecule has 4 rings (SSSR count). The minimum absolute atomic E-state index is 0. The van der Waals surface area contributed by atoms with Crippen molar-refractivity contribution in [1.82, 2.24) is 15.1 Å². The molecule has 1 aromatic rings. The van der Waals surface area contributed by atoms with Crippen LogP contribution in [0.3, 0.4) is 0 Å². The number of nitrogens with one attached hydrogen (secondary N) is 1. The Bertz CT molecular complexity index is 718. The van der Waals surface area contributed by atoms with Crippen molar-refractivity contribution in [2.45, 2.75) is 38.6 Å². The zero-order chi connectivity index (χ0) is 20.3. The molecule has 3 heterocycles. The van der Waals surface area contributed by atoms with Crippen LogP contribution in [0.1, 0.15) is 44.2 Å². The van der Waals surface area contributed by atoms with Crippen molar-refractivity contribution >= 4 is 41.5 Å². The number of benzene rings is 1. The van der Waals surface area contributed by atoms with Crippen molar-refractivity contribution in [1.29, 1.82) is 0 Å². The topological polar surface area (TPSA) is 40.1 Å². The molecule has 8 heteroatoms. The summed E-state index contributed by atoms with van der Waals surface area (Å²) in [7, 11) is 0. The molecular formula is C22H33ClFIN4O. The molecule has 168 valence electrons. The van der Waals surface area contributed by atoms with E-state index < -0.39 is 0 Å². The molecule has 0 bridgehead atoms. The minimum Gasteiger partial charge on any atom is -0.381 e. The van der Waals surface area contributed by atoms with E-state index in [0.717, 1.165) is 77.6 Å². The van der Waals surface area contributed by atoms with E-state index in [0.29, 0.717) is 17.1 Å². The predicted molar refractivity (Wildman–Crippen MR) is 130 cm³/mol. The van der Waals surface area contributed by atoms with Crippen LogP contribution < -0.4 is 5.32 Å². The first-order valence-electron chi connectivity index (χ1n) is 10.9. The third-order valence-electron chi connectivity index (χ3n) is 6.59. The van der Waals surface area contributed by atoms with E-state index >= 15 is 0 Å². The van der Waals surface area contributed by atoms with Crippen LogP contribution >= 0.6 is 35.6 Å². The lowest BCUT2D eigenvalue weighted by Crippen LogP contribution is -2.42. The van der Waals surface area contributed by atoms with Crippen molar-refractivity contribution in [2.24, 2.45) is 10.4 Å². The molecule has 1 N–H and O–H groups in total. The minimum atomic E-state index is -0.238. The molecule has 0 amide bonds. The van der Waals surface area contributed by atoms with Gasteiger partial charge in [0.25, 0.3) is 0 Å². The lowest BCUT2D eigenvalue weighted by atomic mass is 9.87. The summed E-state index contributed by atoms with van der Waals surface area (Å²) in [6, 6.07) is 4.82. The summed E-state index contributed by atoms with van der Waals surface area (Å²) in [6.45, 7) is 9.02. The summed E-state index contributed by atoms with van der Waals surface area (Å²) in [6.07, 6.45) is 4.55. The Kier molecular flexibility index (Phi) is 8.63. The number of hydrogen-bond acceptors (Lipinski definition) is 3. The van der Waals surface area contributed by atoms with Gasteiger partial charge in [0, 0.05) is 42.2 Å². The molecule has 2 atom stereocenters. The largest absolute Gasteiger partial charge is 0.381 e. The Labute approximate surface area is 201 Å². The van der Waals surface area contributed by atoms with Gasteiger partial charge in [-0.05, 0) is 57.8 Å². The van der Waals surface area contributed by atoms with Crippen molar-refractivity contribution in [2.75, 3.05) is 52.5 Å². The molecule has 1 spiro atoms. The van der Waals surface area contributed by atoms with Crippen molar-refractivity contribution in [3.05, 3.63) is 34.6 Å². The third-order valence-corrected chi connectivity index (χ3v) is 6.92. The normalized spacial score (nSPS) is 25.7. The van der Waals surface area contributed by atoms with Crippen LogP contribution in [0, 0.1) is 11.2 Å². The molecule has 3 fully saturated rings. The molecule has 0 aliphatic carbocycles. The van der Waals surface area contributed by atoms with Crippen molar-refractivity contribution in [3.63, 3.8) is 0 Å². The molecule has 1 aromatic carbocycles. The molecule has 3 saturated heterocycles. The molecule has 2 unspecified atom stereocenters. The first-order valence-corrected chi connectivity index (χ1v) is 11.3. The van der Waals surface area contributed by atoms with E-state index in [1.54, 1.807) is 12.1 Å². The van der Waals surface area contributed by atoms with Gasteiger partial charge < -0.3 is 15.0 Å². The second-order valence-corrected chi connectivity index (χ2v) is 8.97. The van der Waals surface area contributed by atoms with Gasteiger partial charge in [-0.1, -0.05) is 17.7 Å². The fraction of sp³-hybridized carbons (Fsp3) is 0.682. The van der Waals surface area contributed by atoms with Crippen LogP contribution in [0.4, 0.5) is 4.39 Å². The number of rotatable bonds is 5. The molecule has 3 aliphatic heterocycles. The highest BCUT2D eigenvalue weighted by Gasteiger charge is 2.42. The first kappa shape index (κ1) is 24.0. The maximum absolute atomic E-state index is 14.7. The van der Waals surface area contributed by atoms with Gasteiger partial charge in [-0.25, -0.2) is 4.39 Å². The van der Waals surface area contributed by atoms with Crippen LogP contribution in [-0.4, -0.2) is 68.2 Å². The zero-order valence-electron chi connectivity index (χ0n) is 17.7. The quantitative estimate of drug-likeness (QED) is 0.337. The summed E-state index contributed by atoms with van der Waals surface area (Å²) in [4.78, 5) is 9.65. The molecule has 30 heavy (non-hydrogen) atoms. The Balaban J connectivity index is 0.00000256.